The molecule has 0 saturated carbocycles. The third kappa shape index (κ3) is 2.76. The first kappa shape index (κ1) is 14.8. The van der Waals surface area contributed by atoms with E-state index >= 15 is 0 Å². The second kappa shape index (κ2) is 6.05. The first-order chi connectivity index (χ1) is 11.7. The van der Waals surface area contributed by atoms with Gasteiger partial charge in [0.05, 0.1) is 17.3 Å². The van der Waals surface area contributed by atoms with E-state index in [1.165, 1.54) is 0 Å². The smallest absolute Gasteiger partial charge is 0.251 e. The van der Waals surface area contributed by atoms with Crippen LogP contribution in [0.25, 0.3) is 10.9 Å². The molecule has 1 aromatic carbocycles. The Balaban J connectivity index is 1.54. The number of rotatable bonds is 3. The Morgan fingerprint density at radius 1 is 1.29 bits per heavy atom. The SMILES string of the molecule is Cc1ccc2cc(C(=O)N[C@@H]3CCO[C@H]3c3ccn[nH]3)ccc2n1. The molecule has 24 heavy (non-hydrogen) atoms. The van der Waals surface area contributed by atoms with Crippen LogP contribution in [0.3, 0.4) is 0 Å². The fraction of sp³-hybridized carbons (Fsp3) is 0.278. The van der Waals surface area contributed by atoms with Crippen LogP contribution < -0.4 is 5.32 Å². The number of aromatic amines is 1. The summed E-state index contributed by atoms with van der Waals surface area (Å²) in [5, 5.41) is 10.9. The molecule has 6 heteroatoms. The molecule has 3 heterocycles. The Hall–Kier alpha value is -2.73. The Kier molecular flexibility index (Phi) is 3.74. The van der Waals surface area contributed by atoms with Crippen molar-refractivity contribution in [3.05, 3.63) is 59.5 Å². The normalized spacial score (nSPS) is 20.4. The van der Waals surface area contributed by atoms with E-state index < -0.39 is 0 Å². The zero-order valence-corrected chi connectivity index (χ0v) is 13.3. The van der Waals surface area contributed by atoms with Crippen LogP contribution in [0, 0.1) is 6.92 Å². The molecular formula is C18H18N4O2. The quantitative estimate of drug-likeness (QED) is 0.776. The van der Waals surface area contributed by atoms with Crippen molar-refractivity contribution < 1.29 is 9.53 Å². The monoisotopic (exact) mass is 322 g/mol. The number of nitrogens with one attached hydrogen (secondary N) is 2. The Bertz CT molecular complexity index is 876. The van der Waals surface area contributed by atoms with Crippen molar-refractivity contribution >= 4 is 16.8 Å². The fourth-order valence-electron chi connectivity index (χ4n) is 3.09. The van der Waals surface area contributed by atoms with Crippen molar-refractivity contribution in [2.45, 2.75) is 25.5 Å². The number of carbonyl (C=O) groups is 1. The Morgan fingerprint density at radius 2 is 2.21 bits per heavy atom. The molecule has 1 aliphatic heterocycles. The van der Waals surface area contributed by atoms with Gasteiger partial charge in [0.15, 0.2) is 0 Å². The number of fused-ring (bicyclic) bond motifs is 1. The fourth-order valence-corrected chi connectivity index (χ4v) is 3.09. The summed E-state index contributed by atoms with van der Waals surface area (Å²) in [5.74, 6) is -0.0995. The number of ether oxygens (including phenoxy) is 1. The van der Waals surface area contributed by atoms with E-state index in [4.69, 9.17) is 4.74 Å². The molecule has 6 nitrogen and oxygen atoms in total. The van der Waals surface area contributed by atoms with Gasteiger partial charge in [-0.1, -0.05) is 6.07 Å². The molecule has 1 aliphatic rings. The van der Waals surface area contributed by atoms with Crippen molar-refractivity contribution in [1.29, 1.82) is 0 Å². The molecule has 0 radical (unpaired) electrons. The van der Waals surface area contributed by atoms with Crippen LogP contribution >= 0.6 is 0 Å². The first-order valence-corrected chi connectivity index (χ1v) is 8.00. The average molecular weight is 322 g/mol. The first-order valence-electron chi connectivity index (χ1n) is 8.00. The summed E-state index contributed by atoms with van der Waals surface area (Å²) >= 11 is 0. The molecule has 0 unspecified atom stereocenters. The number of aromatic nitrogens is 3. The zero-order chi connectivity index (χ0) is 16.5. The molecule has 0 aliphatic carbocycles. The molecule has 1 amide bonds. The largest absolute Gasteiger partial charge is 0.370 e. The average Bonchev–Trinajstić information content (AvgIpc) is 3.25. The number of nitrogens with zero attached hydrogens (tertiary/aromatic N) is 2. The number of benzene rings is 1. The highest BCUT2D eigenvalue weighted by Gasteiger charge is 2.32. The minimum absolute atomic E-state index is 0.0650. The van der Waals surface area contributed by atoms with Crippen LogP contribution in [-0.4, -0.2) is 33.7 Å². The van der Waals surface area contributed by atoms with Crippen LogP contribution in [0.15, 0.2) is 42.6 Å². The predicted octanol–water partition coefficient (Wildman–Crippen LogP) is 2.53. The van der Waals surface area contributed by atoms with Gasteiger partial charge in [-0.2, -0.15) is 5.10 Å². The summed E-state index contributed by atoms with van der Waals surface area (Å²) in [7, 11) is 0. The number of carbonyl (C=O) groups excluding carboxylic acids is 1. The minimum atomic E-state index is -0.179. The van der Waals surface area contributed by atoms with Gasteiger partial charge in [-0.05, 0) is 43.7 Å². The van der Waals surface area contributed by atoms with Crippen LogP contribution in [0.1, 0.15) is 34.3 Å². The van der Waals surface area contributed by atoms with Crippen molar-refractivity contribution in [1.82, 2.24) is 20.5 Å². The number of hydrogen-bond acceptors (Lipinski definition) is 4. The summed E-state index contributed by atoms with van der Waals surface area (Å²) in [5.41, 5.74) is 3.37. The molecular weight excluding hydrogens is 304 g/mol. The van der Waals surface area contributed by atoms with Crippen molar-refractivity contribution in [3.8, 4) is 0 Å². The van der Waals surface area contributed by atoms with Gasteiger partial charge in [0, 0.05) is 29.4 Å². The predicted molar refractivity (Wildman–Crippen MR) is 89.6 cm³/mol. The van der Waals surface area contributed by atoms with Crippen LogP contribution in [0.5, 0.6) is 0 Å². The van der Waals surface area contributed by atoms with E-state index in [1.807, 2.05) is 43.3 Å². The molecule has 1 saturated heterocycles. The van der Waals surface area contributed by atoms with E-state index in [-0.39, 0.29) is 18.1 Å². The zero-order valence-electron chi connectivity index (χ0n) is 13.3. The van der Waals surface area contributed by atoms with Gasteiger partial charge in [-0.3, -0.25) is 14.9 Å². The van der Waals surface area contributed by atoms with Gasteiger partial charge >= 0.3 is 0 Å². The lowest BCUT2D eigenvalue weighted by molar-refractivity contribution is 0.0807. The molecule has 0 bridgehead atoms. The Labute approximate surface area is 139 Å². The highest BCUT2D eigenvalue weighted by molar-refractivity contribution is 5.98. The van der Waals surface area contributed by atoms with Crippen molar-refractivity contribution in [2.75, 3.05) is 6.61 Å². The van der Waals surface area contributed by atoms with E-state index in [1.54, 1.807) is 6.20 Å². The molecule has 2 atom stereocenters. The van der Waals surface area contributed by atoms with E-state index in [0.717, 1.165) is 28.7 Å². The number of aryl methyl sites for hydroxylation is 1. The van der Waals surface area contributed by atoms with Crippen LogP contribution in [-0.2, 0) is 4.74 Å². The standard InChI is InChI=1S/C18H18N4O2/c1-11-2-3-12-10-13(4-5-14(12)20-11)18(23)21-15-7-9-24-17(15)16-6-8-19-22-16/h2-6,8,10,15,17H,7,9H2,1H3,(H,19,22)(H,21,23)/t15-,17-/m1/s1. The number of amides is 1. The number of H-pyrrole nitrogens is 1. The second-order valence-corrected chi connectivity index (χ2v) is 6.03. The molecule has 0 spiro atoms. The minimum Gasteiger partial charge on any atom is -0.370 e. The summed E-state index contributed by atoms with van der Waals surface area (Å²) in [6, 6.07) is 11.3. The van der Waals surface area contributed by atoms with E-state index in [9.17, 15) is 4.79 Å². The van der Waals surface area contributed by atoms with Crippen molar-refractivity contribution in [2.24, 2.45) is 0 Å². The lowest BCUT2D eigenvalue weighted by Crippen LogP contribution is -2.36. The van der Waals surface area contributed by atoms with E-state index in [0.29, 0.717) is 12.2 Å². The topological polar surface area (TPSA) is 79.9 Å². The maximum Gasteiger partial charge on any atom is 0.251 e. The summed E-state index contributed by atoms with van der Waals surface area (Å²) < 4.78 is 5.73. The number of pyridine rings is 1. The van der Waals surface area contributed by atoms with Gasteiger partial charge in [-0.15, -0.1) is 0 Å². The third-order valence-electron chi connectivity index (χ3n) is 4.33. The van der Waals surface area contributed by atoms with Gasteiger partial charge in [0.2, 0.25) is 0 Å². The highest BCUT2D eigenvalue weighted by atomic mass is 16.5. The summed E-state index contributed by atoms with van der Waals surface area (Å²) in [6.07, 6.45) is 2.29. The van der Waals surface area contributed by atoms with Gasteiger partial charge in [0.25, 0.3) is 5.91 Å². The second-order valence-electron chi connectivity index (χ2n) is 6.03. The lowest BCUT2D eigenvalue weighted by atomic mass is 10.1. The maximum atomic E-state index is 12.6. The van der Waals surface area contributed by atoms with Gasteiger partial charge < -0.3 is 10.1 Å². The summed E-state index contributed by atoms with van der Waals surface area (Å²) in [6.45, 7) is 2.57. The van der Waals surface area contributed by atoms with Crippen LogP contribution in [0.4, 0.5) is 0 Å². The maximum absolute atomic E-state index is 12.6. The lowest BCUT2D eigenvalue weighted by Gasteiger charge is -2.18. The third-order valence-corrected chi connectivity index (χ3v) is 4.33. The molecule has 122 valence electrons. The number of hydrogen-bond donors (Lipinski definition) is 2. The van der Waals surface area contributed by atoms with Crippen LogP contribution in [0.2, 0.25) is 0 Å². The molecule has 2 N–H and O–H groups in total. The molecule has 2 aromatic heterocycles. The van der Waals surface area contributed by atoms with Crippen molar-refractivity contribution in [3.63, 3.8) is 0 Å². The molecule has 1 fully saturated rings. The molecule has 4 rings (SSSR count). The van der Waals surface area contributed by atoms with Gasteiger partial charge in [-0.25, -0.2) is 0 Å². The molecule has 3 aromatic rings. The summed E-state index contributed by atoms with van der Waals surface area (Å²) in [4.78, 5) is 17.1. The highest BCUT2D eigenvalue weighted by Crippen LogP contribution is 2.28. The van der Waals surface area contributed by atoms with E-state index in [2.05, 4.69) is 20.5 Å². The van der Waals surface area contributed by atoms with Gasteiger partial charge in [0.1, 0.15) is 6.10 Å². The Morgan fingerprint density at radius 3 is 3.04 bits per heavy atom.